The molecule has 1 fully saturated rings. The van der Waals surface area contributed by atoms with Gasteiger partial charge in [-0.1, -0.05) is 45.2 Å². The monoisotopic (exact) mass is 297 g/mol. The first kappa shape index (κ1) is 15.8. The van der Waals surface area contributed by atoms with Crippen LogP contribution in [0, 0.1) is 0 Å². The van der Waals surface area contributed by atoms with E-state index in [0.717, 1.165) is 30.4 Å². The van der Waals surface area contributed by atoms with Crippen LogP contribution in [-0.4, -0.2) is 28.0 Å². The van der Waals surface area contributed by atoms with Crippen molar-refractivity contribution in [2.75, 3.05) is 6.54 Å². The highest BCUT2D eigenvalue weighted by Gasteiger charge is 2.29. The SMILES string of the molecule is CCNC1CCCCCC1c1nc(CSC(C)C)no1. The summed E-state index contributed by atoms with van der Waals surface area (Å²) in [6.45, 7) is 7.56. The van der Waals surface area contributed by atoms with E-state index < -0.39 is 0 Å². The first-order valence-electron chi connectivity index (χ1n) is 7.88. The zero-order chi connectivity index (χ0) is 14.4. The van der Waals surface area contributed by atoms with E-state index in [1.807, 2.05) is 11.8 Å². The van der Waals surface area contributed by atoms with E-state index >= 15 is 0 Å². The van der Waals surface area contributed by atoms with E-state index in [9.17, 15) is 0 Å². The summed E-state index contributed by atoms with van der Waals surface area (Å²) >= 11 is 1.86. The van der Waals surface area contributed by atoms with Crippen molar-refractivity contribution in [1.29, 1.82) is 0 Å². The molecule has 2 atom stereocenters. The predicted molar refractivity (Wildman–Crippen MR) is 84.0 cm³/mol. The van der Waals surface area contributed by atoms with E-state index in [-0.39, 0.29) is 0 Å². The molecule has 0 aliphatic heterocycles. The Morgan fingerprint density at radius 3 is 2.85 bits per heavy atom. The molecule has 2 rings (SSSR count). The predicted octanol–water partition coefficient (Wildman–Crippen LogP) is 3.74. The highest BCUT2D eigenvalue weighted by atomic mass is 32.2. The van der Waals surface area contributed by atoms with Crippen molar-refractivity contribution in [3.63, 3.8) is 0 Å². The summed E-state index contributed by atoms with van der Waals surface area (Å²) in [5, 5.41) is 8.35. The molecule has 1 aliphatic rings. The van der Waals surface area contributed by atoms with E-state index in [4.69, 9.17) is 4.52 Å². The molecule has 5 heteroatoms. The molecule has 0 radical (unpaired) electrons. The Morgan fingerprint density at radius 1 is 1.30 bits per heavy atom. The van der Waals surface area contributed by atoms with Gasteiger partial charge in [-0.15, -0.1) is 0 Å². The Labute approximate surface area is 126 Å². The maximum absolute atomic E-state index is 5.55. The van der Waals surface area contributed by atoms with Crippen molar-refractivity contribution in [3.05, 3.63) is 11.7 Å². The molecule has 1 N–H and O–H groups in total. The minimum Gasteiger partial charge on any atom is -0.339 e. The van der Waals surface area contributed by atoms with Crippen LogP contribution in [0.5, 0.6) is 0 Å². The van der Waals surface area contributed by atoms with Crippen molar-refractivity contribution in [3.8, 4) is 0 Å². The maximum atomic E-state index is 5.55. The van der Waals surface area contributed by atoms with Crippen molar-refractivity contribution in [2.45, 2.75) is 75.8 Å². The van der Waals surface area contributed by atoms with Crippen LogP contribution >= 0.6 is 11.8 Å². The Morgan fingerprint density at radius 2 is 2.10 bits per heavy atom. The lowest BCUT2D eigenvalue weighted by Gasteiger charge is -2.22. The fourth-order valence-electron chi connectivity index (χ4n) is 2.83. The largest absolute Gasteiger partial charge is 0.339 e. The van der Waals surface area contributed by atoms with E-state index in [1.165, 1.54) is 25.7 Å². The van der Waals surface area contributed by atoms with Crippen molar-refractivity contribution in [1.82, 2.24) is 15.5 Å². The summed E-state index contributed by atoms with van der Waals surface area (Å²) < 4.78 is 5.55. The Bertz CT molecular complexity index is 394. The number of thioether (sulfide) groups is 1. The van der Waals surface area contributed by atoms with Crippen molar-refractivity contribution < 1.29 is 4.52 Å². The average Bonchev–Trinajstić information content (AvgIpc) is 2.77. The number of aromatic nitrogens is 2. The van der Waals surface area contributed by atoms with Crippen LogP contribution in [0.3, 0.4) is 0 Å². The van der Waals surface area contributed by atoms with Gasteiger partial charge >= 0.3 is 0 Å². The maximum Gasteiger partial charge on any atom is 0.231 e. The number of likely N-dealkylation sites (N-methyl/N-ethyl adjacent to an activating group) is 1. The standard InChI is InChI=1S/C15H27N3OS/c1-4-16-13-9-7-5-6-8-12(13)15-17-14(18-19-15)10-20-11(2)3/h11-13,16H,4-10H2,1-3H3. The molecule has 1 saturated carbocycles. The van der Waals surface area contributed by atoms with Gasteiger partial charge in [-0.05, 0) is 24.6 Å². The minimum atomic E-state index is 0.391. The molecule has 0 aromatic carbocycles. The summed E-state index contributed by atoms with van der Waals surface area (Å²) in [5.74, 6) is 2.93. The zero-order valence-electron chi connectivity index (χ0n) is 12.9. The second-order valence-corrected chi connectivity index (χ2v) is 7.38. The molecule has 2 unspecified atom stereocenters. The molecule has 114 valence electrons. The van der Waals surface area contributed by atoms with Crippen LogP contribution in [-0.2, 0) is 5.75 Å². The molecule has 0 bridgehead atoms. The lowest BCUT2D eigenvalue weighted by molar-refractivity contribution is 0.304. The first-order chi connectivity index (χ1) is 9.70. The van der Waals surface area contributed by atoms with Gasteiger partial charge in [0.1, 0.15) is 0 Å². The Balaban J connectivity index is 2.03. The molecular formula is C15H27N3OS. The van der Waals surface area contributed by atoms with E-state index in [0.29, 0.717) is 17.2 Å². The van der Waals surface area contributed by atoms with E-state index in [2.05, 4.69) is 36.2 Å². The third kappa shape index (κ3) is 4.48. The van der Waals surface area contributed by atoms with Crippen LogP contribution in [0.1, 0.15) is 70.5 Å². The van der Waals surface area contributed by atoms with Gasteiger partial charge in [-0.2, -0.15) is 16.7 Å². The fraction of sp³-hybridized carbons (Fsp3) is 0.867. The van der Waals surface area contributed by atoms with Crippen LogP contribution in [0.4, 0.5) is 0 Å². The number of hydrogen-bond donors (Lipinski definition) is 1. The van der Waals surface area contributed by atoms with E-state index in [1.54, 1.807) is 0 Å². The summed E-state index contributed by atoms with van der Waals surface area (Å²) in [6.07, 6.45) is 6.28. The summed E-state index contributed by atoms with van der Waals surface area (Å²) in [4.78, 5) is 4.64. The molecule has 0 amide bonds. The first-order valence-corrected chi connectivity index (χ1v) is 8.93. The molecule has 0 saturated heterocycles. The van der Waals surface area contributed by atoms with Gasteiger partial charge in [-0.25, -0.2) is 0 Å². The van der Waals surface area contributed by atoms with Crippen molar-refractivity contribution >= 4 is 11.8 Å². The zero-order valence-corrected chi connectivity index (χ0v) is 13.7. The molecule has 20 heavy (non-hydrogen) atoms. The number of hydrogen-bond acceptors (Lipinski definition) is 5. The lowest BCUT2D eigenvalue weighted by atomic mass is 9.94. The molecular weight excluding hydrogens is 270 g/mol. The van der Waals surface area contributed by atoms with Gasteiger partial charge in [-0.3, -0.25) is 0 Å². The Hall–Kier alpha value is -0.550. The molecule has 1 aromatic heterocycles. The molecule has 1 heterocycles. The fourth-order valence-corrected chi connectivity index (χ4v) is 3.43. The second kappa shape index (κ2) is 8.03. The quantitative estimate of drug-likeness (QED) is 0.811. The third-order valence-corrected chi connectivity index (χ3v) is 4.92. The Kier molecular flexibility index (Phi) is 6.36. The normalized spacial score (nSPS) is 24.0. The summed E-state index contributed by atoms with van der Waals surface area (Å²) in [6, 6.07) is 0.494. The van der Waals surface area contributed by atoms with Gasteiger partial charge in [0.25, 0.3) is 0 Å². The summed E-state index contributed by atoms with van der Waals surface area (Å²) in [7, 11) is 0. The highest BCUT2D eigenvalue weighted by Crippen LogP contribution is 2.31. The average molecular weight is 297 g/mol. The lowest BCUT2D eigenvalue weighted by Crippen LogP contribution is -2.34. The number of nitrogens with one attached hydrogen (secondary N) is 1. The summed E-state index contributed by atoms with van der Waals surface area (Å²) in [5.41, 5.74) is 0. The number of rotatable bonds is 6. The number of nitrogens with zero attached hydrogens (tertiary/aromatic N) is 2. The van der Waals surface area contributed by atoms with Gasteiger partial charge < -0.3 is 9.84 Å². The molecule has 0 spiro atoms. The molecule has 4 nitrogen and oxygen atoms in total. The smallest absolute Gasteiger partial charge is 0.231 e. The third-order valence-electron chi connectivity index (χ3n) is 3.83. The second-order valence-electron chi connectivity index (χ2n) is 5.82. The van der Waals surface area contributed by atoms with Gasteiger partial charge in [0, 0.05) is 6.04 Å². The van der Waals surface area contributed by atoms with Gasteiger partial charge in [0.15, 0.2) is 5.82 Å². The van der Waals surface area contributed by atoms with Crippen LogP contribution < -0.4 is 5.32 Å². The minimum absolute atomic E-state index is 0.391. The van der Waals surface area contributed by atoms with Crippen LogP contribution in [0.2, 0.25) is 0 Å². The topological polar surface area (TPSA) is 51.0 Å². The van der Waals surface area contributed by atoms with Crippen LogP contribution in [0.25, 0.3) is 0 Å². The highest BCUT2D eigenvalue weighted by molar-refractivity contribution is 7.99. The van der Waals surface area contributed by atoms with Gasteiger partial charge in [0.05, 0.1) is 11.7 Å². The van der Waals surface area contributed by atoms with Crippen LogP contribution in [0.15, 0.2) is 4.52 Å². The molecule has 1 aromatic rings. The van der Waals surface area contributed by atoms with Crippen molar-refractivity contribution in [2.24, 2.45) is 0 Å². The molecule has 1 aliphatic carbocycles. The van der Waals surface area contributed by atoms with Gasteiger partial charge in [0.2, 0.25) is 5.89 Å².